The van der Waals surface area contributed by atoms with E-state index in [2.05, 4.69) is 21.2 Å². The van der Waals surface area contributed by atoms with E-state index in [4.69, 9.17) is 28.9 Å². The topological polar surface area (TPSA) is 55.1 Å². The van der Waals surface area contributed by atoms with Crippen molar-refractivity contribution < 1.29 is 4.79 Å². The Bertz CT molecular complexity index is 677. The minimum Gasteiger partial charge on any atom is -0.399 e. The lowest BCUT2D eigenvalue weighted by atomic mass is 10.1. The average Bonchev–Trinajstić information content (AvgIpc) is 2.47. The van der Waals surface area contributed by atoms with Crippen molar-refractivity contribution in [2.75, 3.05) is 11.1 Å². The maximum Gasteiger partial charge on any atom is 0.224 e. The Balaban J connectivity index is 2.00. The molecular formula is C15H13BrCl2N2O. The first kappa shape index (κ1) is 16.1. The van der Waals surface area contributed by atoms with Crippen molar-refractivity contribution in [2.24, 2.45) is 0 Å². The van der Waals surface area contributed by atoms with Crippen LogP contribution in [0.5, 0.6) is 0 Å². The van der Waals surface area contributed by atoms with Crippen molar-refractivity contribution in [3.63, 3.8) is 0 Å². The third-order valence-electron chi connectivity index (χ3n) is 2.99. The van der Waals surface area contributed by atoms with E-state index in [1.807, 2.05) is 24.3 Å². The van der Waals surface area contributed by atoms with Crippen LogP contribution in [0.25, 0.3) is 0 Å². The molecule has 3 N–H and O–H groups in total. The number of amides is 1. The fourth-order valence-electron chi connectivity index (χ4n) is 1.85. The number of nitrogen functional groups attached to an aromatic ring is 1. The summed E-state index contributed by atoms with van der Waals surface area (Å²) in [4.78, 5) is 12.0. The standard InChI is InChI=1S/C15H13BrCl2N2O/c16-10-6-7-12(15(18)14(10)17)20-13(21)8-5-9-3-1-2-4-11(9)19/h1-4,6-7H,5,8,19H2,(H,20,21). The summed E-state index contributed by atoms with van der Waals surface area (Å²) in [5, 5.41) is 3.45. The molecule has 110 valence electrons. The highest BCUT2D eigenvalue weighted by molar-refractivity contribution is 9.10. The summed E-state index contributed by atoms with van der Waals surface area (Å²) in [6, 6.07) is 10.9. The summed E-state index contributed by atoms with van der Waals surface area (Å²) in [6.45, 7) is 0. The van der Waals surface area contributed by atoms with Crippen LogP contribution in [0.4, 0.5) is 11.4 Å². The van der Waals surface area contributed by atoms with Gasteiger partial charge in [0.05, 0.1) is 15.7 Å². The maximum absolute atomic E-state index is 12.0. The molecular weight excluding hydrogens is 375 g/mol. The fraction of sp³-hybridized carbons (Fsp3) is 0.133. The summed E-state index contributed by atoms with van der Waals surface area (Å²) >= 11 is 15.4. The number of nitrogens with one attached hydrogen (secondary N) is 1. The van der Waals surface area contributed by atoms with Crippen LogP contribution in [-0.4, -0.2) is 5.91 Å². The van der Waals surface area contributed by atoms with Crippen LogP contribution in [-0.2, 0) is 11.2 Å². The number of aryl methyl sites for hydroxylation is 1. The third kappa shape index (κ3) is 4.13. The number of hydrogen-bond acceptors (Lipinski definition) is 2. The molecule has 2 aromatic rings. The van der Waals surface area contributed by atoms with Crippen LogP contribution in [0.1, 0.15) is 12.0 Å². The number of benzene rings is 2. The molecule has 0 aliphatic carbocycles. The Morgan fingerprint density at radius 2 is 1.86 bits per heavy atom. The van der Waals surface area contributed by atoms with Crippen LogP contribution in [0.15, 0.2) is 40.9 Å². The van der Waals surface area contributed by atoms with Crippen molar-refractivity contribution in [3.05, 3.63) is 56.5 Å². The molecule has 6 heteroatoms. The Kier molecular flexibility index (Phi) is 5.51. The van der Waals surface area contributed by atoms with Gasteiger partial charge in [0.2, 0.25) is 5.91 Å². The van der Waals surface area contributed by atoms with E-state index in [1.165, 1.54) is 0 Å². The van der Waals surface area contributed by atoms with E-state index in [0.29, 0.717) is 38.7 Å². The van der Waals surface area contributed by atoms with Gasteiger partial charge in [-0.1, -0.05) is 41.4 Å². The first-order chi connectivity index (χ1) is 9.99. The van der Waals surface area contributed by atoms with Crippen molar-refractivity contribution in [1.82, 2.24) is 0 Å². The van der Waals surface area contributed by atoms with Gasteiger partial charge in [-0.2, -0.15) is 0 Å². The van der Waals surface area contributed by atoms with Gasteiger partial charge < -0.3 is 11.1 Å². The Labute approximate surface area is 141 Å². The molecule has 0 fully saturated rings. The second-order valence-electron chi connectivity index (χ2n) is 4.47. The number of rotatable bonds is 4. The molecule has 0 atom stereocenters. The average molecular weight is 388 g/mol. The molecule has 0 spiro atoms. The lowest BCUT2D eigenvalue weighted by molar-refractivity contribution is -0.116. The molecule has 21 heavy (non-hydrogen) atoms. The Morgan fingerprint density at radius 1 is 1.14 bits per heavy atom. The first-order valence-electron chi connectivity index (χ1n) is 6.25. The van der Waals surface area contributed by atoms with Crippen LogP contribution in [0, 0.1) is 0 Å². The lowest BCUT2D eigenvalue weighted by Crippen LogP contribution is -2.13. The highest BCUT2D eigenvalue weighted by Gasteiger charge is 2.11. The SMILES string of the molecule is Nc1ccccc1CCC(=O)Nc1ccc(Br)c(Cl)c1Cl. The highest BCUT2D eigenvalue weighted by atomic mass is 79.9. The number of hydrogen-bond donors (Lipinski definition) is 2. The summed E-state index contributed by atoms with van der Waals surface area (Å²) in [7, 11) is 0. The largest absolute Gasteiger partial charge is 0.399 e. The molecule has 0 aliphatic heterocycles. The molecule has 0 aliphatic rings. The normalized spacial score (nSPS) is 10.4. The minimum absolute atomic E-state index is 0.140. The van der Waals surface area contributed by atoms with Crippen LogP contribution in [0.3, 0.4) is 0 Å². The minimum atomic E-state index is -0.140. The van der Waals surface area contributed by atoms with Gasteiger partial charge in [0.15, 0.2) is 0 Å². The molecule has 0 saturated carbocycles. The molecule has 2 rings (SSSR count). The molecule has 2 aromatic carbocycles. The maximum atomic E-state index is 12.0. The molecule has 1 amide bonds. The van der Waals surface area contributed by atoms with Gasteiger partial charge in [0.25, 0.3) is 0 Å². The van der Waals surface area contributed by atoms with Gasteiger partial charge in [0.1, 0.15) is 0 Å². The van der Waals surface area contributed by atoms with Gasteiger partial charge in [-0.05, 0) is 46.1 Å². The van der Waals surface area contributed by atoms with E-state index in [-0.39, 0.29) is 5.91 Å². The molecule has 0 aromatic heterocycles. The van der Waals surface area contributed by atoms with E-state index >= 15 is 0 Å². The molecule has 0 unspecified atom stereocenters. The highest BCUT2D eigenvalue weighted by Crippen LogP contribution is 2.35. The van der Waals surface area contributed by atoms with Gasteiger partial charge in [-0.15, -0.1) is 0 Å². The van der Waals surface area contributed by atoms with Crippen molar-refractivity contribution in [2.45, 2.75) is 12.8 Å². The summed E-state index contributed by atoms with van der Waals surface area (Å²) in [5.41, 5.74) is 7.98. The zero-order valence-corrected chi connectivity index (χ0v) is 14.1. The predicted molar refractivity (Wildman–Crippen MR) is 92.0 cm³/mol. The molecule has 0 bridgehead atoms. The molecule has 3 nitrogen and oxygen atoms in total. The van der Waals surface area contributed by atoms with E-state index in [0.717, 1.165) is 5.56 Å². The van der Waals surface area contributed by atoms with Gasteiger partial charge >= 0.3 is 0 Å². The van der Waals surface area contributed by atoms with Crippen LogP contribution < -0.4 is 11.1 Å². The van der Waals surface area contributed by atoms with E-state index < -0.39 is 0 Å². The summed E-state index contributed by atoms with van der Waals surface area (Å²) < 4.78 is 0.684. The zero-order valence-electron chi connectivity index (χ0n) is 11.0. The molecule has 0 saturated heterocycles. The number of para-hydroxylation sites is 1. The van der Waals surface area contributed by atoms with Gasteiger partial charge in [0, 0.05) is 16.6 Å². The summed E-state index contributed by atoms with van der Waals surface area (Å²) in [6.07, 6.45) is 0.888. The van der Waals surface area contributed by atoms with Crippen molar-refractivity contribution in [3.8, 4) is 0 Å². The van der Waals surface area contributed by atoms with Crippen LogP contribution in [0.2, 0.25) is 10.0 Å². The van der Waals surface area contributed by atoms with Crippen molar-refractivity contribution >= 4 is 56.4 Å². The van der Waals surface area contributed by atoms with Crippen LogP contribution >= 0.6 is 39.1 Å². The predicted octanol–water partition coefficient (Wildman–Crippen LogP) is 4.91. The van der Waals surface area contributed by atoms with E-state index in [9.17, 15) is 4.79 Å². The molecule has 0 radical (unpaired) electrons. The number of carbonyl (C=O) groups is 1. The number of nitrogens with two attached hydrogens (primary N) is 1. The number of anilines is 2. The van der Waals surface area contributed by atoms with E-state index in [1.54, 1.807) is 12.1 Å². The summed E-state index contributed by atoms with van der Waals surface area (Å²) in [5.74, 6) is -0.140. The lowest BCUT2D eigenvalue weighted by Gasteiger charge is -2.10. The number of halogens is 3. The fourth-order valence-corrected chi connectivity index (χ4v) is 2.67. The zero-order chi connectivity index (χ0) is 15.4. The van der Waals surface area contributed by atoms with Gasteiger partial charge in [-0.25, -0.2) is 0 Å². The quantitative estimate of drug-likeness (QED) is 0.578. The third-order valence-corrected chi connectivity index (χ3v) is 4.76. The van der Waals surface area contributed by atoms with Gasteiger partial charge in [-0.3, -0.25) is 4.79 Å². The Hall–Kier alpha value is -1.23. The second kappa shape index (κ2) is 7.16. The Morgan fingerprint density at radius 3 is 2.57 bits per heavy atom. The second-order valence-corrected chi connectivity index (χ2v) is 6.08. The monoisotopic (exact) mass is 386 g/mol. The smallest absolute Gasteiger partial charge is 0.224 e. The first-order valence-corrected chi connectivity index (χ1v) is 7.80. The molecule has 0 heterocycles. The van der Waals surface area contributed by atoms with Crippen molar-refractivity contribution in [1.29, 1.82) is 0 Å². The number of carbonyl (C=O) groups excluding carboxylic acids is 1.